The molecule has 2 heterocycles. The van der Waals surface area contributed by atoms with E-state index in [2.05, 4.69) is 4.98 Å². The van der Waals surface area contributed by atoms with Gasteiger partial charge in [0.05, 0.1) is 10.8 Å². The van der Waals surface area contributed by atoms with E-state index in [0.717, 1.165) is 11.8 Å². The third kappa shape index (κ3) is 2.35. The number of rotatable bonds is 1. The van der Waals surface area contributed by atoms with Crippen molar-refractivity contribution in [2.75, 3.05) is 19.0 Å². The number of benzene rings is 3. The van der Waals surface area contributed by atoms with E-state index in [1.54, 1.807) is 12.1 Å². The molecule has 5 aromatic rings. The lowest BCUT2D eigenvalue weighted by Crippen LogP contribution is -2.08. The molecule has 0 aliphatic carbocycles. The van der Waals surface area contributed by atoms with E-state index in [-0.39, 0.29) is 44.2 Å². The van der Waals surface area contributed by atoms with Crippen LogP contribution in [-0.4, -0.2) is 29.3 Å². The largest absolute Gasteiger partial charge is 0.506 e. The molecule has 8 heteroatoms. The quantitative estimate of drug-likeness (QED) is 0.331. The Kier molecular flexibility index (Phi) is 3.36. The standard InChI is InChI=1S/C21H14N2O6/c1-23(2)9-3-6-12-14(7-9)29-21-16(22-12)15-17(25)11-5-4-10(24)8-13(11)28-20(15)18(26)19(21)27/h3-8,25,27H,1-2H3. The summed E-state index contributed by atoms with van der Waals surface area (Å²) < 4.78 is 11.4. The average molecular weight is 390 g/mol. The summed E-state index contributed by atoms with van der Waals surface area (Å²) >= 11 is 0. The second kappa shape index (κ2) is 5.71. The predicted octanol–water partition coefficient (Wildman–Crippen LogP) is 3.08. The van der Waals surface area contributed by atoms with Crippen LogP contribution in [0.1, 0.15) is 0 Å². The van der Waals surface area contributed by atoms with Crippen molar-refractivity contribution in [3.05, 3.63) is 56.8 Å². The van der Waals surface area contributed by atoms with Crippen LogP contribution >= 0.6 is 0 Å². The number of aromatic hydroxyl groups is 2. The number of phenols is 1. The molecule has 0 spiro atoms. The van der Waals surface area contributed by atoms with Gasteiger partial charge in [-0.05, 0) is 24.3 Å². The first kappa shape index (κ1) is 17.1. The summed E-state index contributed by atoms with van der Waals surface area (Å²) in [6.45, 7) is 0. The molecule has 0 unspecified atom stereocenters. The van der Waals surface area contributed by atoms with Crippen LogP contribution in [-0.2, 0) is 0 Å². The van der Waals surface area contributed by atoms with Crippen molar-refractivity contribution in [2.24, 2.45) is 0 Å². The van der Waals surface area contributed by atoms with Crippen molar-refractivity contribution in [3.8, 4) is 11.5 Å². The van der Waals surface area contributed by atoms with Gasteiger partial charge in [-0.2, -0.15) is 0 Å². The van der Waals surface area contributed by atoms with Gasteiger partial charge in [-0.15, -0.1) is 0 Å². The summed E-state index contributed by atoms with van der Waals surface area (Å²) in [5.74, 6) is -0.965. The number of phenolic OH excluding ortho intramolecular Hbond substituents is 1. The van der Waals surface area contributed by atoms with E-state index in [1.165, 1.54) is 12.1 Å². The molecule has 29 heavy (non-hydrogen) atoms. The van der Waals surface area contributed by atoms with Crippen molar-refractivity contribution >= 4 is 49.8 Å². The molecule has 0 fully saturated rings. The number of hydrogen-bond acceptors (Lipinski definition) is 8. The maximum atomic E-state index is 12.7. The van der Waals surface area contributed by atoms with Crippen LogP contribution in [0.3, 0.4) is 0 Å². The van der Waals surface area contributed by atoms with Gasteiger partial charge in [0.1, 0.15) is 22.4 Å². The van der Waals surface area contributed by atoms with Gasteiger partial charge in [-0.1, -0.05) is 0 Å². The molecular weight excluding hydrogens is 376 g/mol. The fraction of sp³-hybridized carbons (Fsp3) is 0.0952. The third-order valence-corrected chi connectivity index (χ3v) is 4.88. The Balaban J connectivity index is 2.02. The highest BCUT2D eigenvalue weighted by molar-refractivity contribution is 6.12. The number of hydrogen-bond donors (Lipinski definition) is 2. The summed E-state index contributed by atoms with van der Waals surface area (Å²) in [7, 11) is 3.74. The maximum Gasteiger partial charge on any atom is 0.267 e. The molecule has 0 saturated heterocycles. The minimum atomic E-state index is -0.866. The van der Waals surface area contributed by atoms with Crippen LogP contribution in [0.4, 0.5) is 5.69 Å². The lowest BCUT2D eigenvalue weighted by Gasteiger charge is -2.13. The van der Waals surface area contributed by atoms with Gasteiger partial charge in [0, 0.05) is 31.9 Å². The van der Waals surface area contributed by atoms with Gasteiger partial charge >= 0.3 is 0 Å². The molecule has 0 atom stereocenters. The number of fused-ring (bicyclic) bond motifs is 5. The Morgan fingerprint density at radius 1 is 0.897 bits per heavy atom. The lowest BCUT2D eigenvalue weighted by molar-refractivity contribution is 0.460. The topological polar surface area (TPSA) is 117 Å². The predicted molar refractivity (Wildman–Crippen MR) is 109 cm³/mol. The van der Waals surface area contributed by atoms with Crippen molar-refractivity contribution in [2.45, 2.75) is 0 Å². The normalized spacial score (nSPS) is 11.7. The summed E-state index contributed by atoms with van der Waals surface area (Å²) in [6, 6.07) is 9.16. The zero-order chi connectivity index (χ0) is 20.4. The summed E-state index contributed by atoms with van der Waals surface area (Å²) in [5.41, 5.74) is 0.130. The van der Waals surface area contributed by atoms with E-state index < -0.39 is 11.2 Å². The molecule has 5 rings (SSSR count). The van der Waals surface area contributed by atoms with Gasteiger partial charge in [0.15, 0.2) is 22.2 Å². The fourth-order valence-corrected chi connectivity index (χ4v) is 3.39. The maximum absolute atomic E-state index is 12.7. The minimum Gasteiger partial charge on any atom is -0.506 e. The Morgan fingerprint density at radius 3 is 2.41 bits per heavy atom. The monoisotopic (exact) mass is 390 g/mol. The zero-order valence-electron chi connectivity index (χ0n) is 15.4. The van der Waals surface area contributed by atoms with Crippen molar-refractivity contribution in [3.63, 3.8) is 0 Å². The van der Waals surface area contributed by atoms with Gasteiger partial charge < -0.3 is 23.9 Å². The molecule has 8 nitrogen and oxygen atoms in total. The molecule has 0 radical (unpaired) electrons. The first-order valence-electron chi connectivity index (χ1n) is 8.71. The van der Waals surface area contributed by atoms with Crippen molar-refractivity contribution in [1.82, 2.24) is 4.98 Å². The molecule has 0 amide bonds. The van der Waals surface area contributed by atoms with E-state index in [0.29, 0.717) is 11.1 Å². The summed E-state index contributed by atoms with van der Waals surface area (Å²) in [6.07, 6.45) is 0. The van der Waals surface area contributed by atoms with E-state index in [9.17, 15) is 19.8 Å². The van der Waals surface area contributed by atoms with Crippen molar-refractivity contribution in [1.29, 1.82) is 0 Å². The van der Waals surface area contributed by atoms with E-state index >= 15 is 0 Å². The van der Waals surface area contributed by atoms with Crippen LogP contribution in [0, 0.1) is 0 Å². The molecule has 3 aromatic carbocycles. The Morgan fingerprint density at radius 2 is 1.66 bits per heavy atom. The highest BCUT2D eigenvalue weighted by atomic mass is 16.4. The number of anilines is 1. The molecule has 0 bridgehead atoms. The highest BCUT2D eigenvalue weighted by Crippen LogP contribution is 2.39. The van der Waals surface area contributed by atoms with Crippen LogP contribution < -0.4 is 15.8 Å². The minimum absolute atomic E-state index is 0.0104. The second-order valence-corrected chi connectivity index (χ2v) is 6.93. The zero-order valence-corrected chi connectivity index (χ0v) is 15.4. The fourth-order valence-electron chi connectivity index (χ4n) is 3.39. The van der Waals surface area contributed by atoms with Crippen LogP contribution in [0.25, 0.3) is 44.1 Å². The first-order chi connectivity index (χ1) is 13.8. The Hall–Kier alpha value is -4.07. The van der Waals surface area contributed by atoms with E-state index in [1.807, 2.05) is 25.1 Å². The van der Waals surface area contributed by atoms with Gasteiger partial charge in [-0.25, -0.2) is 4.98 Å². The second-order valence-electron chi connectivity index (χ2n) is 6.93. The summed E-state index contributed by atoms with van der Waals surface area (Å²) in [5, 5.41) is 21.5. The van der Waals surface area contributed by atoms with Crippen molar-refractivity contribution < 1.29 is 19.0 Å². The van der Waals surface area contributed by atoms with Crippen LogP contribution in [0.2, 0.25) is 0 Å². The summed E-state index contributed by atoms with van der Waals surface area (Å²) in [4.78, 5) is 30.7. The van der Waals surface area contributed by atoms with E-state index in [4.69, 9.17) is 8.83 Å². The lowest BCUT2D eigenvalue weighted by atomic mass is 10.1. The molecule has 144 valence electrons. The number of aromatic nitrogens is 1. The van der Waals surface area contributed by atoms with Gasteiger partial charge in [0.25, 0.3) is 5.43 Å². The average Bonchev–Trinajstić information content (AvgIpc) is 2.70. The molecule has 0 aliphatic heterocycles. The molecule has 0 aliphatic rings. The third-order valence-electron chi connectivity index (χ3n) is 4.88. The molecule has 2 aromatic heterocycles. The Labute approximate surface area is 161 Å². The van der Waals surface area contributed by atoms with Crippen LogP contribution in [0.15, 0.2) is 54.8 Å². The highest BCUT2D eigenvalue weighted by Gasteiger charge is 2.23. The first-order valence-corrected chi connectivity index (χ1v) is 8.71. The number of nitrogens with zero attached hydrogens (tertiary/aromatic N) is 2. The Bertz CT molecular complexity index is 1600. The molecule has 2 N–H and O–H groups in total. The molecule has 0 saturated carbocycles. The van der Waals surface area contributed by atoms with Crippen LogP contribution in [0.5, 0.6) is 11.5 Å². The van der Waals surface area contributed by atoms with Gasteiger partial charge in [-0.3, -0.25) is 9.59 Å². The molecular formula is C21H14N2O6. The smallest absolute Gasteiger partial charge is 0.267 e. The van der Waals surface area contributed by atoms with Gasteiger partial charge in [0.2, 0.25) is 5.75 Å². The SMILES string of the molecule is CN(C)c1ccc2nc3c(oc2c1)c(O)c(=O)c1oc2cc(=O)ccc2c(O)c13.